The third-order valence-electron chi connectivity index (χ3n) is 4.19. The van der Waals surface area contributed by atoms with Crippen molar-refractivity contribution >= 4 is 12.0 Å². The van der Waals surface area contributed by atoms with Crippen LogP contribution in [0.3, 0.4) is 0 Å². The molecule has 1 atom stereocenters. The summed E-state index contributed by atoms with van der Waals surface area (Å²) in [7, 11) is 0. The van der Waals surface area contributed by atoms with E-state index in [4.69, 9.17) is 0 Å². The molecule has 0 radical (unpaired) electrons. The van der Waals surface area contributed by atoms with Crippen LogP contribution in [0.25, 0.3) is 6.08 Å². The average molecular weight is 325 g/mol. The third-order valence-corrected chi connectivity index (χ3v) is 4.19. The molecule has 2 N–H and O–H groups in total. The molecule has 2 heterocycles. The molecule has 1 amide bonds. The van der Waals surface area contributed by atoms with Crippen LogP contribution in [-0.4, -0.2) is 64.6 Å². The highest BCUT2D eigenvalue weighted by molar-refractivity contribution is 5.94. The predicted octanol–water partition coefficient (Wildman–Crippen LogP) is 1.85. The number of nitrogens with one attached hydrogen (secondary N) is 1. The molecular weight excluding hydrogens is 302 g/mol. The van der Waals surface area contributed by atoms with Crippen LogP contribution in [0, 0.1) is 0 Å². The highest BCUT2D eigenvalue weighted by Gasteiger charge is 2.24. The summed E-state index contributed by atoms with van der Waals surface area (Å²) in [4.78, 5) is 19.2. The molecule has 0 saturated carbocycles. The van der Waals surface area contributed by atoms with Crippen LogP contribution in [-0.2, 0) is 0 Å². The molecule has 1 saturated heterocycles. The summed E-state index contributed by atoms with van der Waals surface area (Å²) in [5, 5.41) is 10.2. The molecule has 24 heavy (non-hydrogen) atoms. The number of carbonyl (C=O) groups excluding carboxylic acids is 1. The smallest absolute Gasteiger partial charge is 0.255 e. The van der Waals surface area contributed by atoms with Crippen LogP contribution in [0.2, 0.25) is 0 Å². The maximum Gasteiger partial charge on any atom is 0.255 e. The fourth-order valence-electron chi connectivity index (χ4n) is 2.95. The Hall–Kier alpha value is -2.37. The van der Waals surface area contributed by atoms with E-state index in [1.54, 1.807) is 23.4 Å². The van der Waals surface area contributed by atoms with Gasteiger partial charge in [-0.3, -0.25) is 9.69 Å². The minimum absolute atomic E-state index is 0.0306. The number of aliphatic hydroxyl groups is 1. The van der Waals surface area contributed by atoms with Crippen molar-refractivity contribution in [2.75, 3.05) is 32.7 Å². The van der Waals surface area contributed by atoms with E-state index < -0.39 is 6.10 Å². The number of aromatic nitrogens is 1. The lowest BCUT2D eigenvalue weighted by molar-refractivity contribution is 0.0665. The summed E-state index contributed by atoms with van der Waals surface area (Å²) in [5.74, 6) is -0.0306. The molecule has 5 heteroatoms. The van der Waals surface area contributed by atoms with Gasteiger partial charge in [0.1, 0.15) is 0 Å². The van der Waals surface area contributed by atoms with Crippen molar-refractivity contribution in [2.45, 2.75) is 6.10 Å². The van der Waals surface area contributed by atoms with Crippen molar-refractivity contribution in [1.82, 2.24) is 14.8 Å². The van der Waals surface area contributed by atoms with Gasteiger partial charge in [0, 0.05) is 45.1 Å². The van der Waals surface area contributed by atoms with E-state index in [2.05, 4.69) is 34.2 Å². The highest BCUT2D eigenvalue weighted by Crippen LogP contribution is 2.10. The van der Waals surface area contributed by atoms with Gasteiger partial charge in [-0.25, -0.2) is 0 Å². The Morgan fingerprint density at radius 1 is 1.21 bits per heavy atom. The lowest BCUT2D eigenvalue weighted by atomic mass is 10.2. The maximum absolute atomic E-state index is 12.4. The molecule has 5 nitrogen and oxygen atoms in total. The van der Waals surface area contributed by atoms with E-state index in [1.807, 2.05) is 18.2 Å². The Morgan fingerprint density at radius 2 is 2.04 bits per heavy atom. The van der Waals surface area contributed by atoms with Gasteiger partial charge in [-0.1, -0.05) is 42.5 Å². The summed E-state index contributed by atoms with van der Waals surface area (Å²) in [6.45, 7) is 3.10. The zero-order chi connectivity index (χ0) is 16.8. The Balaban J connectivity index is 1.56. The van der Waals surface area contributed by atoms with Crippen LogP contribution in [0.5, 0.6) is 0 Å². The van der Waals surface area contributed by atoms with E-state index in [1.165, 1.54) is 0 Å². The fourth-order valence-corrected chi connectivity index (χ4v) is 2.95. The first-order valence-corrected chi connectivity index (χ1v) is 8.26. The molecule has 0 aliphatic carbocycles. The molecule has 1 fully saturated rings. The third kappa shape index (κ3) is 4.34. The van der Waals surface area contributed by atoms with Crippen LogP contribution in [0.15, 0.2) is 54.9 Å². The average Bonchev–Trinajstić information content (AvgIpc) is 3.06. The Kier molecular flexibility index (Phi) is 5.46. The normalized spacial score (nSPS) is 19.5. The molecule has 126 valence electrons. The minimum Gasteiger partial charge on any atom is -0.390 e. The number of aliphatic hydroxyl groups excluding tert-OH is 1. The number of β-amino-alcohol motifs (C(OH)–C–C–N with tert-alkyl or cyclic N) is 1. The molecule has 1 aliphatic rings. The predicted molar refractivity (Wildman–Crippen MR) is 94.6 cm³/mol. The summed E-state index contributed by atoms with van der Waals surface area (Å²) >= 11 is 0. The van der Waals surface area contributed by atoms with Gasteiger partial charge >= 0.3 is 0 Å². The second-order valence-electron chi connectivity index (χ2n) is 6.08. The number of nitrogens with zero attached hydrogens (tertiary/aromatic N) is 2. The van der Waals surface area contributed by atoms with Crippen LogP contribution in [0.4, 0.5) is 0 Å². The van der Waals surface area contributed by atoms with Gasteiger partial charge in [-0.2, -0.15) is 0 Å². The maximum atomic E-state index is 12.4. The number of rotatable bonds is 4. The largest absolute Gasteiger partial charge is 0.390 e. The standard InChI is InChI=1S/C19H23N3O2/c23-18-14-21(10-4-7-16-5-2-1-3-6-16)11-12-22(15-18)19(24)17-8-9-20-13-17/h1-9,13,18,20,23H,10-12,14-15H2. The lowest BCUT2D eigenvalue weighted by Crippen LogP contribution is -2.37. The number of hydrogen-bond acceptors (Lipinski definition) is 3. The quantitative estimate of drug-likeness (QED) is 0.902. The van der Waals surface area contributed by atoms with Crippen LogP contribution < -0.4 is 0 Å². The fraction of sp³-hybridized carbons (Fsp3) is 0.316. The number of H-pyrrole nitrogens is 1. The highest BCUT2D eigenvalue weighted by atomic mass is 16.3. The number of benzene rings is 1. The van der Waals surface area contributed by atoms with Crippen molar-refractivity contribution in [3.05, 3.63) is 66.0 Å². The summed E-state index contributed by atoms with van der Waals surface area (Å²) < 4.78 is 0. The SMILES string of the molecule is O=C(c1cc[nH]c1)N1CCN(CC=Cc2ccccc2)CC(O)C1. The van der Waals surface area contributed by atoms with E-state index in [9.17, 15) is 9.90 Å². The van der Waals surface area contributed by atoms with E-state index in [-0.39, 0.29) is 5.91 Å². The Bertz CT molecular complexity index is 667. The van der Waals surface area contributed by atoms with E-state index in [0.717, 1.165) is 18.7 Å². The summed E-state index contributed by atoms with van der Waals surface area (Å²) in [5.41, 5.74) is 1.80. The summed E-state index contributed by atoms with van der Waals surface area (Å²) in [6.07, 6.45) is 7.09. The number of amides is 1. The van der Waals surface area contributed by atoms with Crippen molar-refractivity contribution in [3.8, 4) is 0 Å². The lowest BCUT2D eigenvalue weighted by Gasteiger charge is -2.21. The first-order valence-electron chi connectivity index (χ1n) is 8.26. The van der Waals surface area contributed by atoms with E-state index >= 15 is 0 Å². The molecule has 1 aliphatic heterocycles. The van der Waals surface area contributed by atoms with Gasteiger partial charge in [0.2, 0.25) is 0 Å². The number of aromatic amines is 1. The first kappa shape index (κ1) is 16.5. The summed E-state index contributed by atoms with van der Waals surface area (Å²) in [6, 6.07) is 11.9. The van der Waals surface area contributed by atoms with Crippen molar-refractivity contribution < 1.29 is 9.90 Å². The molecule has 1 aromatic carbocycles. The van der Waals surface area contributed by atoms with E-state index in [0.29, 0.717) is 25.2 Å². The van der Waals surface area contributed by atoms with Crippen molar-refractivity contribution in [1.29, 1.82) is 0 Å². The second kappa shape index (κ2) is 7.95. The van der Waals surface area contributed by atoms with Gasteiger partial charge in [-0.05, 0) is 11.6 Å². The van der Waals surface area contributed by atoms with Gasteiger partial charge in [0.25, 0.3) is 5.91 Å². The van der Waals surface area contributed by atoms with Crippen molar-refractivity contribution in [3.63, 3.8) is 0 Å². The zero-order valence-corrected chi connectivity index (χ0v) is 13.6. The minimum atomic E-state index is -0.527. The first-order chi connectivity index (χ1) is 11.7. The molecule has 3 rings (SSSR count). The van der Waals surface area contributed by atoms with Gasteiger partial charge in [0.15, 0.2) is 0 Å². The molecule has 2 aromatic rings. The Morgan fingerprint density at radius 3 is 2.79 bits per heavy atom. The molecule has 1 aromatic heterocycles. The second-order valence-corrected chi connectivity index (χ2v) is 6.08. The molecule has 0 bridgehead atoms. The number of carbonyl (C=O) groups is 1. The van der Waals surface area contributed by atoms with Crippen molar-refractivity contribution in [2.24, 2.45) is 0 Å². The van der Waals surface area contributed by atoms with Crippen LogP contribution in [0.1, 0.15) is 15.9 Å². The Labute approximate surface area is 142 Å². The van der Waals surface area contributed by atoms with Gasteiger partial charge < -0.3 is 15.0 Å². The molecule has 1 unspecified atom stereocenters. The molecular formula is C19H23N3O2. The topological polar surface area (TPSA) is 59.6 Å². The van der Waals surface area contributed by atoms with Crippen LogP contribution >= 0.6 is 0 Å². The van der Waals surface area contributed by atoms with Gasteiger partial charge in [0.05, 0.1) is 11.7 Å². The monoisotopic (exact) mass is 325 g/mol. The number of hydrogen-bond donors (Lipinski definition) is 2. The molecule has 0 spiro atoms. The van der Waals surface area contributed by atoms with Gasteiger partial charge in [-0.15, -0.1) is 0 Å². The zero-order valence-electron chi connectivity index (χ0n) is 13.6.